The van der Waals surface area contributed by atoms with E-state index in [2.05, 4.69) is 4.74 Å². The number of ether oxygens (including phenoxy) is 1. The van der Waals surface area contributed by atoms with Crippen molar-refractivity contribution >= 4 is 0 Å². The molecule has 0 amide bonds. The average Bonchev–Trinajstić information content (AvgIpc) is 2.22. The molecule has 0 radical (unpaired) electrons. The second-order valence-corrected chi connectivity index (χ2v) is 3.75. The molecule has 0 bridgehead atoms. The number of alkyl halides is 13. The molecule has 0 aliphatic rings. The van der Waals surface area contributed by atoms with Gasteiger partial charge in [0.25, 0.3) is 0 Å². The Morgan fingerprint density at radius 1 is 0.591 bits per heavy atom. The fourth-order valence-corrected chi connectivity index (χ4v) is 1.31. The highest BCUT2D eigenvalue weighted by molar-refractivity contribution is 5.13. The van der Waals surface area contributed by atoms with Gasteiger partial charge in [-0.15, -0.1) is 0 Å². The molecule has 0 rings (SSSR count). The van der Waals surface area contributed by atoms with Crippen molar-refractivity contribution in [3.8, 4) is 0 Å². The predicted octanol–water partition coefficient (Wildman–Crippen LogP) is 4.72. The van der Waals surface area contributed by atoms with E-state index < -0.39 is 42.6 Å². The van der Waals surface area contributed by atoms with E-state index >= 15 is 0 Å². The van der Waals surface area contributed by atoms with Crippen molar-refractivity contribution in [1.29, 1.82) is 0 Å². The van der Waals surface area contributed by atoms with Crippen LogP contribution in [-0.2, 0) is 4.74 Å². The molecule has 0 heterocycles. The smallest absolute Gasteiger partial charge is 0.338 e. The third-order valence-electron chi connectivity index (χ3n) is 2.33. The molecular formula is C8H5F13O. The number of hydrogen-bond donors (Lipinski definition) is 0. The average molecular weight is 364 g/mol. The Labute approximate surface area is 113 Å². The van der Waals surface area contributed by atoms with Gasteiger partial charge < -0.3 is 4.74 Å². The minimum Gasteiger partial charge on any atom is -0.338 e. The van der Waals surface area contributed by atoms with E-state index in [-0.39, 0.29) is 6.92 Å². The number of rotatable bonds is 4. The molecule has 0 aromatic heterocycles. The molecule has 14 heteroatoms. The van der Waals surface area contributed by atoms with Crippen LogP contribution in [0.3, 0.4) is 0 Å². The van der Waals surface area contributed by atoms with Crippen LogP contribution in [0.25, 0.3) is 0 Å². The van der Waals surface area contributed by atoms with Crippen LogP contribution >= 0.6 is 0 Å². The van der Waals surface area contributed by atoms with Crippen LogP contribution in [0, 0.1) is 0 Å². The standard InChI is InChI=1S/C8H5F13O/c1-2-22-5(12,4(10,11)8(19,20)21)3(9,6(13,14)15)7(16,17)18/h2H2,1H3. The maximum absolute atomic E-state index is 13.6. The van der Waals surface area contributed by atoms with Gasteiger partial charge in [-0.3, -0.25) is 0 Å². The highest BCUT2D eigenvalue weighted by Gasteiger charge is 2.93. The fraction of sp³-hybridized carbons (Fsp3) is 1.00. The number of halogens is 13. The molecule has 0 spiro atoms. The van der Waals surface area contributed by atoms with Crippen molar-refractivity contribution in [2.45, 2.75) is 42.9 Å². The van der Waals surface area contributed by atoms with Crippen molar-refractivity contribution < 1.29 is 61.8 Å². The van der Waals surface area contributed by atoms with Crippen LogP contribution in [0.1, 0.15) is 6.92 Å². The molecule has 0 saturated carbocycles. The molecule has 0 aromatic carbocycles. The third kappa shape index (κ3) is 2.69. The van der Waals surface area contributed by atoms with Crippen LogP contribution in [0.2, 0.25) is 0 Å². The molecule has 0 aliphatic heterocycles. The SMILES string of the molecule is CCOC(F)(C(F)(F)C(F)(F)F)C(F)(C(F)(F)F)C(F)(F)F. The summed E-state index contributed by atoms with van der Waals surface area (Å²) in [5.74, 6) is -14.6. The van der Waals surface area contributed by atoms with Crippen LogP contribution in [0.4, 0.5) is 57.1 Å². The van der Waals surface area contributed by atoms with Crippen LogP contribution in [0.5, 0.6) is 0 Å². The van der Waals surface area contributed by atoms with E-state index in [1.54, 1.807) is 0 Å². The summed E-state index contributed by atoms with van der Waals surface area (Å²) in [5.41, 5.74) is -7.64. The van der Waals surface area contributed by atoms with E-state index in [1.807, 2.05) is 0 Å². The van der Waals surface area contributed by atoms with E-state index in [0.29, 0.717) is 0 Å². The van der Waals surface area contributed by atoms with Gasteiger partial charge in [-0.1, -0.05) is 0 Å². The highest BCUT2D eigenvalue weighted by atomic mass is 19.4. The van der Waals surface area contributed by atoms with Crippen molar-refractivity contribution in [3.63, 3.8) is 0 Å². The highest BCUT2D eigenvalue weighted by Crippen LogP contribution is 2.61. The molecule has 0 N–H and O–H groups in total. The lowest BCUT2D eigenvalue weighted by Crippen LogP contribution is -2.75. The van der Waals surface area contributed by atoms with Gasteiger partial charge in [0.1, 0.15) is 0 Å². The van der Waals surface area contributed by atoms with Gasteiger partial charge in [0.15, 0.2) is 0 Å². The van der Waals surface area contributed by atoms with Gasteiger partial charge in [-0.2, -0.15) is 48.3 Å². The van der Waals surface area contributed by atoms with Crippen molar-refractivity contribution in [1.82, 2.24) is 0 Å². The fourth-order valence-electron chi connectivity index (χ4n) is 1.31. The molecule has 1 atom stereocenters. The Bertz CT molecular complexity index is 376. The first-order valence-corrected chi connectivity index (χ1v) is 4.91. The van der Waals surface area contributed by atoms with Gasteiger partial charge in [0.2, 0.25) is 0 Å². The van der Waals surface area contributed by atoms with Gasteiger partial charge in [0.05, 0.1) is 0 Å². The summed E-state index contributed by atoms with van der Waals surface area (Å²) in [7, 11) is 0. The van der Waals surface area contributed by atoms with E-state index in [4.69, 9.17) is 0 Å². The predicted molar refractivity (Wildman–Crippen MR) is 42.4 cm³/mol. The lowest BCUT2D eigenvalue weighted by atomic mass is 9.88. The second-order valence-electron chi connectivity index (χ2n) is 3.75. The van der Waals surface area contributed by atoms with E-state index in [0.717, 1.165) is 0 Å². The second kappa shape index (κ2) is 5.30. The maximum Gasteiger partial charge on any atom is 0.459 e. The van der Waals surface area contributed by atoms with E-state index in [1.165, 1.54) is 0 Å². The summed E-state index contributed by atoms with van der Waals surface area (Å²) < 4.78 is 165. The lowest BCUT2D eigenvalue weighted by Gasteiger charge is -2.43. The normalized spacial score (nSPS) is 18.3. The summed E-state index contributed by atoms with van der Waals surface area (Å²) in [6.45, 7) is -1.56. The minimum atomic E-state index is -7.64. The summed E-state index contributed by atoms with van der Waals surface area (Å²) in [5, 5.41) is 0. The first-order chi connectivity index (χ1) is 9.31. The van der Waals surface area contributed by atoms with Crippen LogP contribution in [0.15, 0.2) is 0 Å². The van der Waals surface area contributed by atoms with E-state index in [9.17, 15) is 57.1 Å². The minimum absolute atomic E-state index is 0.286. The molecule has 1 unspecified atom stereocenters. The van der Waals surface area contributed by atoms with Gasteiger partial charge in [-0.05, 0) is 6.92 Å². The van der Waals surface area contributed by atoms with Gasteiger partial charge in [-0.25, -0.2) is 8.78 Å². The summed E-state index contributed by atoms with van der Waals surface area (Å²) >= 11 is 0. The third-order valence-corrected chi connectivity index (χ3v) is 2.33. The Kier molecular flexibility index (Phi) is 5.07. The molecule has 22 heavy (non-hydrogen) atoms. The molecule has 0 aliphatic carbocycles. The lowest BCUT2D eigenvalue weighted by molar-refractivity contribution is -0.479. The first-order valence-electron chi connectivity index (χ1n) is 4.91. The zero-order chi connectivity index (χ0) is 18.4. The zero-order valence-electron chi connectivity index (χ0n) is 10.0. The quantitative estimate of drug-likeness (QED) is 0.656. The Morgan fingerprint density at radius 3 is 1.09 bits per heavy atom. The van der Waals surface area contributed by atoms with Crippen LogP contribution in [-0.4, -0.2) is 42.6 Å². The molecule has 1 nitrogen and oxygen atoms in total. The van der Waals surface area contributed by atoms with Gasteiger partial charge >= 0.3 is 36.0 Å². The summed E-state index contributed by atoms with van der Waals surface area (Å²) in [6.07, 6.45) is -22.3. The van der Waals surface area contributed by atoms with Gasteiger partial charge in [0, 0.05) is 6.61 Å². The monoisotopic (exact) mass is 364 g/mol. The zero-order valence-corrected chi connectivity index (χ0v) is 10.0. The van der Waals surface area contributed by atoms with Crippen molar-refractivity contribution in [2.75, 3.05) is 6.61 Å². The maximum atomic E-state index is 13.6. The first kappa shape index (κ1) is 21.0. The number of hydrogen-bond acceptors (Lipinski definition) is 1. The topological polar surface area (TPSA) is 9.23 Å². The molecule has 0 fully saturated rings. The largest absolute Gasteiger partial charge is 0.459 e. The summed E-state index contributed by atoms with van der Waals surface area (Å²) in [4.78, 5) is 0. The van der Waals surface area contributed by atoms with Crippen LogP contribution < -0.4 is 0 Å². The molecule has 0 saturated heterocycles. The van der Waals surface area contributed by atoms with Crippen molar-refractivity contribution in [3.05, 3.63) is 0 Å². The Hall–Kier alpha value is -0.950. The van der Waals surface area contributed by atoms with Crippen molar-refractivity contribution in [2.24, 2.45) is 0 Å². The molecule has 134 valence electrons. The Balaban J connectivity index is 6.69. The molecular weight excluding hydrogens is 359 g/mol. The molecule has 0 aromatic rings. The Morgan fingerprint density at radius 2 is 0.909 bits per heavy atom. The summed E-state index contributed by atoms with van der Waals surface area (Å²) in [6, 6.07) is 0.